The number of hydrogen-bond donors (Lipinski definition) is 0. The zero-order chi connectivity index (χ0) is 11.4. The number of alkyl halides is 1. The summed E-state index contributed by atoms with van der Waals surface area (Å²) in [4.78, 5) is 11.4. The number of halogens is 1. The summed E-state index contributed by atoms with van der Waals surface area (Å²) in [6, 6.07) is 5.13. The summed E-state index contributed by atoms with van der Waals surface area (Å²) in [5.41, 5.74) is 1.46. The van der Waals surface area contributed by atoms with Gasteiger partial charge in [-0.25, -0.2) is 0 Å². The Morgan fingerprint density at radius 2 is 2.27 bits per heavy atom. The summed E-state index contributed by atoms with van der Waals surface area (Å²) in [7, 11) is 1.52. The molecule has 3 nitrogen and oxygen atoms in total. The van der Waals surface area contributed by atoms with Crippen molar-refractivity contribution in [3.05, 3.63) is 28.8 Å². The van der Waals surface area contributed by atoms with Crippen LogP contribution in [0.25, 0.3) is 0 Å². The number of ether oxygens (including phenoxy) is 1. The lowest BCUT2D eigenvalue weighted by molar-refractivity contribution is 0.102. The van der Waals surface area contributed by atoms with Crippen molar-refractivity contribution in [1.29, 1.82) is 5.26 Å². The van der Waals surface area contributed by atoms with Crippen LogP contribution in [0.1, 0.15) is 21.5 Å². The second kappa shape index (κ2) is 4.81. The molecule has 0 bridgehead atoms. The number of rotatable bonds is 3. The Kier molecular flexibility index (Phi) is 3.70. The van der Waals surface area contributed by atoms with Crippen LogP contribution in [-0.4, -0.2) is 18.8 Å². The van der Waals surface area contributed by atoms with Crippen LogP contribution in [0.5, 0.6) is 5.75 Å². The lowest BCUT2D eigenvalue weighted by atomic mass is 10.0. The summed E-state index contributed by atoms with van der Waals surface area (Å²) in [5, 5.41) is 8.87. The molecule has 78 valence electrons. The van der Waals surface area contributed by atoms with Gasteiger partial charge >= 0.3 is 0 Å². The van der Waals surface area contributed by atoms with Gasteiger partial charge in [0.15, 0.2) is 5.78 Å². The molecule has 0 heterocycles. The summed E-state index contributed by atoms with van der Waals surface area (Å²) in [6.45, 7) is 1.81. The molecule has 0 aliphatic heterocycles. The van der Waals surface area contributed by atoms with E-state index in [1.54, 1.807) is 12.1 Å². The lowest BCUT2D eigenvalue weighted by Gasteiger charge is -2.07. The molecule has 4 heteroatoms. The number of ketones is 1. The third-order valence-corrected chi connectivity index (χ3v) is 2.32. The van der Waals surface area contributed by atoms with E-state index in [2.05, 4.69) is 0 Å². The predicted octanol–water partition coefficient (Wildman–Crippen LogP) is 2.30. The van der Waals surface area contributed by atoms with Gasteiger partial charge in [-0.05, 0) is 24.6 Å². The quantitative estimate of drug-likeness (QED) is 0.584. The molecule has 0 aliphatic rings. The van der Waals surface area contributed by atoms with Gasteiger partial charge in [-0.15, -0.1) is 11.6 Å². The fourth-order valence-corrected chi connectivity index (χ4v) is 1.45. The van der Waals surface area contributed by atoms with E-state index in [9.17, 15) is 4.79 Å². The Morgan fingerprint density at radius 1 is 1.60 bits per heavy atom. The Hall–Kier alpha value is -1.53. The number of nitrogens with zero attached hydrogens (tertiary/aromatic N) is 1. The molecule has 0 saturated heterocycles. The molecule has 15 heavy (non-hydrogen) atoms. The van der Waals surface area contributed by atoms with E-state index in [1.165, 1.54) is 7.11 Å². The highest BCUT2D eigenvalue weighted by Crippen LogP contribution is 2.23. The zero-order valence-electron chi connectivity index (χ0n) is 8.50. The maximum absolute atomic E-state index is 11.4. The molecular formula is C11H10ClNO2. The van der Waals surface area contributed by atoms with Gasteiger partial charge in [0.05, 0.1) is 18.6 Å². The van der Waals surface area contributed by atoms with E-state index >= 15 is 0 Å². The third kappa shape index (κ3) is 2.28. The number of carbonyl (C=O) groups excluding carboxylic acids is 1. The van der Waals surface area contributed by atoms with Crippen molar-refractivity contribution in [3.8, 4) is 11.8 Å². The number of Topliss-reactive ketones (excluding diaryl/α,β-unsaturated/α-hetero) is 1. The molecule has 0 N–H and O–H groups in total. The highest BCUT2D eigenvalue weighted by Gasteiger charge is 2.13. The Balaban J connectivity index is 3.35. The van der Waals surface area contributed by atoms with Crippen molar-refractivity contribution in [2.45, 2.75) is 6.92 Å². The summed E-state index contributed by atoms with van der Waals surface area (Å²) in [6.07, 6.45) is 0. The summed E-state index contributed by atoms with van der Waals surface area (Å²) in [5.74, 6) is 0.220. The van der Waals surface area contributed by atoms with E-state index in [0.717, 1.165) is 5.56 Å². The maximum atomic E-state index is 11.4. The largest absolute Gasteiger partial charge is 0.496 e. The molecule has 1 rings (SSSR count). The van der Waals surface area contributed by atoms with Crippen molar-refractivity contribution in [1.82, 2.24) is 0 Å². The molecule has 0 aliphatic carbocycles. The molecule has 0 atom stereocenters. The first-order chi connectivity index (χ1) is 7.13. The number of benzene rings is 1. The van der Waals surface area contributed by atoms with Gasteiger partial charge in [0.1, 0.15) is 11.8 Å². The smallest absolute Gasteiger partial charge is 0.178 e. The number of nitriles is 1. The third-order valence-electron chi connectivity index (χ3n) is 2.08. The second-order valence-electron chi connectivity index (χ2n) is 3.04. The molecule has 0 fully saturated rings. The Morgan fingerprint density at radius 3 is 2.73 bits per heavy atom. The number of aryl methyl sites for hydroxylation is 1. The minimum absolute atomic E-state index is 0.125. The molecule has 0 amide bonds. The lowest BCUT2D eigenvalue weighted by Crippen LogP contribution is -2.04. The van der Waals surface area contributed by atoms with Crippen LogP contribution in [0, 0.1) is 18.3 Å². The van der Waals surface area contributed by atoms with Crippen LogP contribution in [0.15, 0.2) is 12.1 Å². The van der Waals surface area contributed by atoms with Crippen LogP contribution >= 0.6 is 11.6 Å². The topological polar surface area (TPSA) is 50.1 Å². The molecule has 0 aromatic heterocycles. The summed E-state index contributed by atoms with van der Waals surface area (Å²) < 4.78 is 5.06. The van der Waals surface area contributed by atoms with Crippen LogP contribution in [-0.2, 0) is 0 Å². The molecule has 1 aromatic carbocycles. The van der Waals surface area contributed by atoms with E-state index in [-0.39, 0.29) is 11.7 Å². The van der Waals surface area contributed by atoms with Crippen molar-refractivity contribution in [2.75, 3.05) is 13.0 Å². The van der Waals surface area contributed by atoms with Crippen LogP contribution < -0.4 is 4.74 Å². The van der Waals surface area contributed by atoms with E-state index in [0.29, 0.717) is 16.9 Å². The molecule has 0 unspecified atom stereocenters. The van der Waals surface area contributed by atoms with Crippen molar-refractivity contribution in [3.63, 3.8) is 0 Å². The standard InChI is InChI=1S/C11H10ClNO2/c1-7-3-9(10(14)5-12)8(6-13)4-11(7)15-2/h3-4H,5H2,1-2H3. The van der Waals surface area contributed by atoms with Crippen molar-refractivity contribution >= 4 is 17.4 Å². The minimum Gasteiger partial charge on any atom is -0.496 e. The van der Waals surface area contributed by atoms with Gasteiger partial charge in [-0.2, -0.15) is 5.26 Å². The van der Waals surface area contributed by atoms with Crippen LogP contribution in [0.2, 0.25) is 0 Å². The normalized spacial score (nSPS) is 9.47. The highest BCUT2D eigenvalue weighted by molar-refractivity contribution is 6.30. The first-order valence-electron chi connectivity index (χ1n) is 4.32. The van der Waals surface area contributed by atoms with Gasteiger partial charge in [-0.1, -0.05) is 0 Å². The van der Waals surface area contributed by atoms with Crippen LogP contribution in [0.3, 0.4) is 0 Å². The van der Waals surface area contributed by atoms with Gasteiger partial charge in [-0.3, -0.25) is 4.79 Å². The molecular weight excluding hydrogens is 214 g/mol. The van der Waals surface area contributed by atoms with Gasteiger partial charge in [0.2, 0.25) is 0 Å². The monoisotopic (exact) mass is 223 g/mol. The Labute approximate surface area is 93.2 Å². The first kappa shape index (κ1) is 11.5. The average molecular weight is 224 g/mol. The minimum atomic E-state index is -0.251. The molecule has 1 aromatic rings. The summed E-state index contributed by atoms with van der Waals surface area (Å²) >= 11 is 5.45. The van der Waals surface area contributed by atoms with Crippen LogP contribution in [0.4, 0.5) is 0 Å². The highest BCUT2D eigenvalue weighted by atomic mass is 35.5. The van der Waals surface area contributed by atoms with E-state index in [1.807, 2.05) is 13.0 Å². The molecule has 0 saturated carbocycles. The predicted molar refractivity (Wildman–Crippen MR) is 57.5 cm³/mol. The number of methoxy groups -OCH3 is 1. The van der Waals surface area contributed by atoms with Gasteiger partial charge in [0.25, 0.3) is 0 Å². The van der Waals surface area contributed by atoms with E-state index < -0.39 is 0 Å². The SMILES string of the molecule is COc1cc(C#N)c(C(=O)CCl)cc1C. The average Bonchev–Trinajstić information content (AvgIpc) is 2.27. The number of hydrogen-bond acceptors (Lipinski definition) is 3. The first-order valence-corrected chi connectivity index (χ1v) is 4.85. The molecule has 0 spiro atoms. The second-order valence-corrected chi connectivity index (χ2v) is 3.30. The zero-order valence-corrected chi connectivity index (χ0v) is 9.26. The van der Waals surface area contributed by atoms with Gasteiger partial charge < -0.3 is 4.74 Å². The van der Waals surface area contributed by atoms with Crippen molar-refractivity contribution in [2.24, 2.45) is 0 Å². The fraction of sp³-hybridized carbons (Fsp3) is 0.273. The number of carbonyl (C=O) groups is 1. The van der Waals surface area contributed by atoms with Crippen molar-refractivity contribution < 1.29 is 9.53 Å². The fourth-order valence-electron chi connectivity index (χ4n) is 1.30. The Bertz CT molecular complexity index is 435. The maximum Gasteiger partial charge on any atom is 0.178 e. The van der Waals surface area contributed by atoms with Gasteiger partial charge in [0, 0.05) is 5.56 Å². The molecule has 0 radical (unpaired) electrons. The van der Waals surface area contributed by atoms with E-state index in [4.69, 9.17) is 21.6 Å².